The van der Waals surface area contributed by atoms with Gasteiger partial charge in [-0.2, -0.15) is 0 Å². The van der Waals surface area contributed by atoms with Crippen molar-refractivity contribution in [3.8, 4) is 0 Å². The molecule has 0 aliphatic carbocycles. The van der Waals surface area contributed by atoms with E-state index < -0.39 is 50.1 Å². The van der Waals surface area contributed by atoms with Gasteiger partial charge in [0.15, 0.2) is 14.4 Å². The molecule has 0 N–H and O–H groups in total. The molecule has 1 fully saturated rings. The third-order valence-electron chi connectivity index (χ3n) is 8.45. The SMILES string of the molecule is CC(=O)CCC(=O)OC[C@H]1O[C@@H](Sc2ccccc2)[C@H](OC(=O)c2ccccc2)[C@@H](O[Si](C)(C)C(C)(C)C)[C@@H]1OCc1ccccc1. The summed E-state index contributed by atoms with van der Waals surface area (Å²) in [6.07, 6.45) is -3.11. The van der Waals surface area contributed by atoms with Crippen LogP contribution in [-0.4, -0.2) is 62.5 Å². The Kier molecular flexibility index (Phi) is 13.0. The standard InChI is InChI=1S/C37H46O8SSi/c1-26(38)22-23-31(39)41-25-30-32(42-24-27-16-10-7-11-17-27)33(45-47(5,6)37(2,3)4)34(44-35(40)28-18-12-8-13-19-28)36(43-30)46-29-20-14-9-15-21-29/h7-21,30,32-34,36H,22-25H2,1-6H3/t30-,32-,33+,34-,36+/m1/s1. The molecule has 4 rings (SSSR count). The Morgan fingerprint density at radius 3 is 2.00 bits per heavy atom. The van der Waals surface area contributed by atoms with Gasteiger partial charge in [-0.05, 0) is 54.9 Å². The second kappa shape index (κ2) is 16.7. The van der Waals surface area contributed by atoms with Crippen molar-refractivity contribution in [3.63, 3.8) is 0 Å². The fourth-order valence-electron chi connectivity index (χ4n) is 4.78. The molecule has 0 amide bonds. The molecule has 1 heterocycles. The Morgan fingerprint density at radius 2 is 1.40 bits per heavy atom. The molecule has 0 radical (unpaired) electrons. The highest BCUT2D eigenvalue weighted by Crippen LogP contribution is 2.43. The van der Waals surface area contributed by atoms with Gasteiger partial charge in [-0.3, -0.25) is 4.79 Å². The molecule has 47 heavy (non-hydrogen) atoms. The molecule has 1 saturated heterocycles. The van der Waals surface area contributed by atoms with E-state index in [2.05, 4.69) is 33.9 Å². The zero-order chi connectivity index (χ0) is 34.0. The highest BCUT2D eigenvalue weighted by Gasteiger charge is 2.53. The van der Waals surface area contributed by atoms with Gasteiger partial charge in [0.2, 0.25) is 0 Å². The molecule has 10 heteroatoms. The Labute approximate surface area is 283 Å². The van der Waals surface area contributed by atoms with Crippen molar-refractivity contribution in [1.29, 1.82) is 0 Å². The first-order valence-electron chi connectivity index (χ1n) is 16.0. The smallest absolute Gasteiger partial charge is 0.338 e. The number of benzene rings is 3. The van der Waals surface area contributed by atoms with Gasteiger partial charge >= 0.3 is 11.9 Å². The van der Waals surface area contributed by atoms with Gasteiger partial charge in [0.1, 0.15) is 36.1 Å². The lowest BCUT2D eigenvalue weighted by Crippen LogP contribution is -2.63. The molecule has 3 aromatic rings. The van der Waals surface area contributed by atoms with E-state index in [0.29, 0.717) is 5.56 Å². The van der Waals surface area contributed by atoms with Gasteiger partial charge in [-0.25, -0.2) is 4.79 Å². The molecule has 0 saturated carbocycles. The lowest BCUT2D eigenvalue weighted by molar-refractivity contribution is -0.223. The van der Waals surface area contributed by atoms with Gasteiger partial charge in [0, 0.05) is 11.3 Å². The van der Waals surface area contributed by atoms with Crippen LogP contribution < -0.4 is 0 Å². The fraction of sp³-hybridized carbons (Fsp3) is 0.432. The number of ether oxygens (including phenoxy) is 4. The van der Waals surface area contributed by atoms with Crippen molar-refractivity contribution in [1.82, 2.24) is 0 Å². The quantitative estimate of drug-likeness (QED) is 0.126. The maximum absolute atomic E-state index is 13.7. The topological polar surface area (TPSA) is 97.4 Å². The Hall–Kier alpha value is -3.28. The highest BCUT2D eigenvalue weighted by molar-refractivity contribution is 7.99. The number of ketones is 1. The molecule has 3 aromatic carbocycles. The first kappa shape index (κ1) is 36.6. The minimum atomic E-state index is -2.52. The summed E-state index contributed by atoms with van der Waals surface area (Å²) in [4.78, 5) is 38.8. The van der Waals surface area contributed by atoms with Crippen molar-refractivity contribution < 1.29 is 37.8 Å². The first-order valence-corrected chi connectivity index (χ1v) is 19.7. The van der Waals surface area contributed by atoms with Crippen LogP contribution in [0, 0.1) is 0 Å². The molecule has 1 aliphatic rings. The molecule has 0 unspecified atom stereocenters. The molecule has 252 valence electrons. The molecule has 0 spiro atoms. The van der Waals surface area contributed by atoms with Crippen molar-refractivity contribution in [3.05, 3.63) is 102 Å². The van der Waals surface area contributed by atoms with Crippen molar-refractivity contribution >= 4 is 37.8 Å². The maximum Gasteiger partial charge on any atom is 0.338 e. The summed E-state index contributed by atoms with van der Waals surface area (Å²) in [6, 6.07) is 28.3. The monoisotopic (exact) mass is 678 g/mol. The molecule has 8 nitrogen and oxygen atoms in total. The third-order valence-corrected chi connectivity index (χ3v) is 14.1. The average Bonchev–Trinajstić information content (AvgIpc) is 3.04. The Morgan fingerprint density at radius 1 is 0.809 bits per heavy atom. The second-order valence-electron chi connectivity index (χ2n) is 13.2. The summed E-state index contributed by atoms with van der Waals surface area (Å²) in [5.74, 6) is -1.10. The molecular weight excluding hydrogens is 633 g/mol. The van der Waals surface area contributed by atoms with Crippen molar-refractivity contribution in [2.45, 2.75) is 100 Å². The predicted molar refractivity (Wildman–Crippen MR) is 185 cm³/mol. The zero-order valence-electron chi connectivity index (χ0n) is 28.0. The van der Waals surface area contributed by atoms with Crippen LogP contribution in [0.3, 0.4) is 0 Å². The molecule has 1 aliphatic heterocycles. The van der Waals surface area contributed by atoms with Crippen LogP contribution in [0.5, 0.6) is 0 Å². The Bertz CT molecular complexity index is 1450. The number of thioether (sulfide) groups is 1. The molecule has 0 bridgehead atoms. The second-order valence-corrected chi connectivity index (χ2v) is 19.1. The van der Waals surface area contributed by atoms with Crippen molar-refractivity contribution in [2.75, 3.05) is 6.61 Å². The third kappa shape index (κ3) is 10.6. The molecule has 0 aromatic heterocycles. The summed E-state index contributed by atoms with van der Waals surface area (Å²) >= 11 is 1.41. The van der Waals surface area contributed by atoms with E-state index >= 15 is 0 Å². The van der Waals surface area contributed by atoms with E-state index in [1.807, 2.05) is 66.7 Å². The van der Waals surface area contributed by atoms with Gasteiger partial charge < -0.3 is 28.2 Å². The maximum atomic E-state index is 13.7. The van der Waals surface area contributed by atoms with E-state index in [9.17, 15) is 14.4 Å². The van der Waals surface area contributed by atoms with Crippen molar-refractivity contribution in [2.24, 2.45) is 0 Å². The number of esters is 2. The van der Waals surface area contributed by atoms with E-state index in [1.165, 1.54) is 18.7 Å². The number of hydrogen-bond donors (Lipinski definition) is 0. The van der Waals surface area contributed by atoms with E-state index in [-0.39, 0.29) is 36.9 Å². The average molecular weight is 679 g/mol. The lowest BCUT2D eigenvalue weighted by atomic mass is 9.99. The summed E-state index contributed by atoms with van der Waals surface area (Å²) in [7, 11) is -2.52. The van der Waals surface area contributed by atoms with Crippen LogP contribution in [0.4, 0.5) is 0 Å². The van der Waals surface area contributed by atoms with E-state index in [1.54, 1.807) is 24.3 Å². The summed E-state index contributed by atoms with van der Waals surface area (Å²) < 4.78 is 32.5. The fourth-order valence-corrected chi connectivity index (χ4v) is 7.20. The van der Waals surface area contributed by atoms with Crippen LogP contribution >= 0.6 is 11.8 Å². The summed E-state index contributed by atoms with van der Waals surface area (Å²) in [5.41, 5.74) is 0.622. The molecule has 5 atom stereocenters. The summed E-state index contributed by atoms with van der Waals surface area (Å²) in [5, 5.41) is -0.181. The zero-order valence-corrected chi connectivity index (χ0v) is 29.9. The normalized spacial score (nSPS) is 21.5. The van der Waals surface area contributed by atoms with Crippen LogP contribution in [0.15, 0.2) is 95.9 Å². The highest BCUT2D eigenvalue weighted by atomic mass is 32.2. The van der Waals surface area contributed by atoms with E-state index in [0.717, 1.165) is 10.5 Å². The first-order chi connectivity index (χ1) is 22.3. The van der Waals surface area contributed by atoms with Gasteiger partial charge in [0.05, 0.1) is 18.6 Å². The number of hydrogen-bond acceptors (Lipinski definition) is 9. The lowest BCUT2D eigenvalue weighted by Gasteiger charge is -2.49. The number of carbonyl (C=O) groups is 3. The van der Waals surface area contributed by atoms with Gasteiger partial charge in [0.25, 0.3) is 0 Å². The minimum Gasteiger partial charge on any atom is -0.463 e. The van der Waals surface area contributed by atoms with E-state index in [4.69, 9.17) is 23.4 Å². The molecular formula is C37H46O8SSi. The largest absolute Gasteiger partial charge is 0.463 e. The van der Waals surface area contributed by atoms with Gasteiger partial charge in [-0.1, -0.05) is 99.3 Å². The van der Waals surface area contributed by atoms with Crippen LogP contribution in [0.2, 0.25) is 18.1 Å². The number of rotatable bonds is 14. The number of carbonyl (C=O) groups excluding carboxylic acids is 3. The van der Waals surface area contributed by atoms with Crippen LogP contribution in [0.25, 0.3) is 0 Å². The summed E-state index contributed by atoms with van der Waals surface area (Å²) in [6.45, 7) is 12.3. The minimum absolute atomic E-state index is 0.0268. The Balaban J connectivity index is 1.76. The van der Waals surface area contributed by atoms with Crippen LogP contribution in [-0.2, 0) is 39.6 Å². The predicted octanol–water partition coefficient (Wildman–Crippen LogP) is 7.62. The number of Topliss-reactive ketones (excluding diaryl/α,β-unsaturated/α-hetero) is 1. The van der Waals surface area contributed by atoms with Crippen LogP contribution in [0.1, 0.15) is 56.5 Å². The van der Waals surface area contributed by atoms with Gasteiger partial charge in [-0.15, -0.1) is 0 Å².